The van der Waals surface area contributed by atoms with E-state index in [1.54, 1.807) is 43.5 Å². The van der Waals surface area contributed by atoms with Crippen LogP contribution in [0.15, 0.2) is 48.5 Å². The standard InChI is InChI=1S/C19H19ClN2O4/c1-13-11-16(8-9-17(13)20)26-12-19(24)22-21-18(23)10-5-14-3-6-15(25-2)7-4-14/h3-11H,12H2,1-2H3,(H,21,23)(H,22,24). The molecule has 0 aliphatic rings. The van der Waals surface area contributed by atoms with Gasteiger partial charge in [-0.1, -0.05) is 23.7 Å². The second kappa shape index (κ2) is 9.48. The second-order valence-corrected chi connectivity index (χ2v) is 5.75. The van der Waals surface area contributed by atoms with E-state index < -0.39 is 11.8 Å². The molecule has 2 rings (SSSR count). The number of halogens is 1. The zero-order valence-electron chi connectivity index (χ0n) is 14.4. The number of amides is 2. The molecule has 0 saturated carbocycles. The van der Waals surface area contributed by atoms with Gasteiger partial charge in [-0.3, -0.25) is 20.4 Å². The Labute approximate surface area is 156 Å². The average Bonchev–Trinajstić information content (AvgIpc) is 2.66. The number of methoxy groups -OCH3 is 1. The molecule has 0 aliphatic heterocycles. The van der Waals surface area contributed by atoms with Crippen molar-refractivity contribution in [1.82, 2.24) is 10.9 Å². The number of hydrazine groups is 1. The van der Waals surface area contributed by atoms with Crippen molar-refractivity contribution in [3.8, 4) is 11.5 Å². The van der Waals surface area contributed by atoms with Crippen molar-refractivity contribution < 1.29 is 19.1 Å². The van der Waals surface area contributed by atoms with Gasteiger partial charge in [-0.2, -0.15) is 0 Å². The van der Waals surface area contributed by atoms with Crippen LogP contribution < -0.4 is 20.3 Å². The summed E-state index contributed by atoms with van der Waals surface area (Å²) in [5.41, 5.74) is 6.23. The fourth-order valence-electron chi connectivity index (χ4n) is 1.95. The Kier molecular flexibility index (Phi) is 7.05. The summed E-state index contributed by atoms with van der Waals surface area (Å²) in [5, 5.41) is 0.623. The van der Waals surface area contributed by atoms with E-state index in [-0.39, 0.29) is 6.61 Å². The molecule has 6 nitrogen and oxygen atoms in total. The molecule has 7 heteroatoms. The Balaban J connectivity index is 1.74. The van der Waals surface area contributed by atoms with Crippen LogP contribution in [0.3, 0.4) is 0 Å². The predicted octanol–water partition coefficient (Wildman–Crippen LogP) is 2.90. The summed E-state index contributed by atoms with van der Waals surface area (Å²) >= 11 is 5.92. The number of carbonyl (C=O) groups is 2. The number of benzene rings is 2. The lowest BCUT2D eigenvalue weighted by Gasteiger charge is -2.08. The van der Waals surface area contributed by atoms with E-state index >= 15 is 0 Å². The lowest BCUT2D eigenvalue weighted by molar-refractivity contribution is -0.128. The van der Waals surface area contributed by atoms with Gasteiger partial charge in [0.25, 0.3) is 11.8 Å². The van der Waals surface area contributed by atoms with E-state index in [0.29, 0.717) is 10.8 Å². The average molecular weight is 375 g/mol. The number of carbonyl (C=O) groups excluding carboxylic acids is 2. The maximum atomic E-state index is 11.7. The van der Waals surface area contributed by atoms with Gasteiger partial charge in [0, 0.05) is 11.1 Å². The molecule has 0 aliphatic carbocycles. The summed E-state index contributed by atoms with van der Waals surface area (Å²) < 4.78 is 10.4. The summed E-state index contributed by atoms with van der Waals surface area (Å²) in [4.78, 5) is 23.4. The summed E-state index contributed by atoms with van der Waals surface area (Å²) in [6, 6.07) is 12.3. The van der Waals surface area contributed by atoms with Crippen LogP contribution in [0.25, 0.3) is 6.08 Å². The number of ether oxygens (including phenoxy) is 2. The molecular formula is C19H19ClN2O4. The molecule has 2 aromatic carbocycles. The Hall–Kier alpha value is -2.99. The highest BCUT2D eigenvalue weighted by Crippen LogP contribution is 2.20. The molecule has 2 aromatic rings. The van der Waals surface area contributed by atoms with E-state index in [9.17, 15) is 9.59 Å². The predicted molar refractivity (Wildman–Crippen MR) is 100.0 cm³/mol. The van der Waals surface area contributed by atoms with E-state index in [0.717, 1.165) is 16.9 Å². The monoisotopic (exact) mass is 374 g/mol. The molecule has 0 saturated heterocycles. The van der Waals surface area contributed by atoms with Crippen LogP contribution in [0.1, 0.15) is 11.1 Å². The number of hydrogen-bond donors (Lipinski definition) is 2. The molecule has 0 radical (unpaired) electrons. The highest BCUT2D eigenvalue weighted by Gasteiger charge is 2.05. The maximum Gasteiger partial charge on any atom is 0.276 e. The smallest absolute Gasteiger partial charge is 0.276 e. The number of aryl methyl sites for hydroxylation is 1. The molecular weight excluding hydrogens is 356 g/mol. The quantitative estimate of drug-likeness (QED) is 0.602. The molecule has 2 amide bonds. The van der Waals surface area contributed by atoms with Crippen molar-refractivity contribution in [2.45, 2.75) is 6.92 Å². The normalized spacial score (nSPS) is 10.4. The van der Waals surface area contributed by atoms with Crippen LogP contribution >= 0.6 is 11.6 Å². The van der Waals surface area contributed by atoms with Crippen molar-refractivity contribution in [2.24, 2.45) is 0 Å². The Morgan fingerprint density at radius 2 is 1.77 bits per heavy atom. The fourth-order valence-corrected chi connectivity index (χ4v) is 2.07. The van der Waals surface area contributed by atoms with Crippen LogP contribution in [0, 0.1) is 6.92 Å². The number of nitrogens with one attached hydrogen (secondary N) is 2. The molecule has 2 N–H and O–H groups in total. The van der Waals surface area contributed by atoms with Crippen molar-refractivity contribution in [1.29, 1.82) is 0 Å². The van der Waals surface area contributed by atoms with Crippen molar-refractivity contribution in [3.63, 3.8) is 0 Å². The highest BCUT2D eigenvalue weighted by atomic mass is 35.5. The first kappa shape index (κ1) is 19.3. The first-order valence-corrected chi connectivity index (χ1v) is 8.15. The van der Waals surface area contributed by atoms with E-state index in [1.807, 2.05) is 19.1 Å². The molecule has 0 fully saturated rings. The highest BCUT2D eigenvalue weighted by molar-refractivity contribution is 6.31. The minimum atomic E-state index is -0.483. The van der Waals surface area contributed by atoms with Crippen LogP contribution in [0.5, 0.6) is 11.5 Å². The van der Waals surface area contributed by atoms with Crippen LogP contribution in [-0.4, -0.2) is 25.5 Å². The van der Waals surface area contributed by atoms with Gasteiger partial charge >= 0.3 is 0 Å². The van der Waals surface area contributed by atoms with Gasteiger partial charge in [-0.15, -0.1) is 0 Å². The molecule has 0 unspecified atom stereocenters. The van der Waals surface area contributed by atoms with Gasteiger partial charge in [0.1, 0.15) is 11.5 Å². The second-order valence-electron chi connectivity index (χ2n) is 5.34. The lowest BCUT2D eigenvalue weighted by Crippen LogP contribution is -2.43. The van der Waals surface area contributed by atoms with Gasteiger partial charge in [-0.25, -0.2) is 0 Å². The van der Waals surface area contributed by atoms with E-state index in [1.165, 1.54) is 6.08 Å². The molecule has 0 heterocycles. The number of hydrogen-bond acceptors (Lipinski definition) is 4. The minimum absolute atomic E-state index is 0.233. The van der Waals surface area contributed by atoms with Crippen LogP contribution in [0.2, 0.25) is 5.02 Å². The van der Waals surface area contributed by atoms with Gasteiger partial charge in [-0.05, 0) is 54.5 Å². The van der Waals surface area contributed by atoms with Gasteiger partial charge in [0.05, 0.1) is 7.11 Å². The lowest BCUT2D eigenvalue weighted by atomic mass is 10.2. The molecule has 26 heavy (non-hydrogen) atoms. The zero-order chi connectivity index (χ0) is 18.9. The van der Waals surface area contributed by atoms with Crippen LogP contribution in [-0.2, 0) is 9.59 Å². The summed E-state index contributed by atoms with van der Waals surface area (Å²) in [6.07, 6.45) is 2.93. The third kappa shape index (κ3) is 6.14. The SMILES string of the molecule is COc1ccc(C=CC(=O)NNC(=O)COc2ccc(Cl)c(C)c2)cc1. The molecule has 0 bridgehead atoms. The third-order valence-corrected chi connectivity index (χ3v) is 3.79. The maximum absolute atomic E-state index is 11.7. The topological polar surface area (TPSA) is 76.7 Å². The van der Waals surface area contributed by atoms with Gasteiger partial charge in [0.15, 0.2) is 6.61 Å². The fraction of sp³-hybridized carbons (Fsp3) is 0.158. The van der Waals surface area contributed by atoms with Crippen LogP contribution in [0.4, 0.5) is 0 Å². The Morgan fingerprint density at radius 1 is 1.08 bits per heavy atom. The van der Waals surface area contributed by atoms with Crippen molar-refractivity contribution >= 4 is 29.5 Å². The molecule has 0 aromatic heterocycles. The van der Waals surface area contributed by atoms with Gasteiger partial charge < -0.3 is 9.47 Å². The van der Waals surface area contributed by atoms with Crippen molar-refractivity contribution in [3.05, 3.63) is 64.7 Å². The van der Waals surface area contributed by atoms with E-state index in [4.69, 9.17) is 21.1 Å². The first-order valence-electron chi connectivity index (χ1n) is 7.78. The summed E-state index contributed by atoms with van der Waals surface area (Å²) in [6.45, 7) is 1.61. The third-order valence-electron chi connectivity index (χ3n) is 3.37. The van der Waals surface area contributed by atoms with Crippen molar-refractivity contribution in [2.75, 3.05) is 13.7 Å². The first-order chi connectivity index (χ1) is 12.5. The van der Waals surface area contributed by atoms with Gasteiger partial charge in [0.2, 0.25) is 0 Å². The molecule has 0 atom stereocenters. The summed E-state index contributed by atoms with van der Waals surface area (Å²) in [7, 11) is 1.58. The Morgan fingerprint density at radius 3 is 2.42 bits per heavy atom. The minimum Gasteiger partial charge on any atom is -0.497 e. The molecule has 136 valence electrons. The van der Waals surface area contributed by atoms with E-state index in [2.05, 4.69) is 10.9 Å². The molecule has 0 spiro atoms. The Bertz CT molecular complexity index is 804. The summed E-state index contributed by atoms with van der Waals surface area (Å²) in [5.74, 6) is 0.308. The number of rotatable bonds is 6. The zero-order valence-corrected chi connectivity index (χ0v) is 15.2. The largest absolute Gasteiger partial charge is 0.497 e.